The van der Waals surface area contributed by atoms with E-state index in [2.05, 4.69) is 5.32 Å². The van der Waals surface area contributed by atoms with E-state index in [1.807, 2.05) is 4.90 Å². The van der Waals surface area contributed by atoms with Gasteiger partial charge in [-0.2, -0.15) is 0 Å². The van der Waals surface area contributed by atoms with E-state index in [0.29, 0.717) is 18.5 Å². The van der Waals surface area contributed by atoms with Crippen LogP contribution in [-0.4, -0.2) is 36.3 Å². The third-order valence-electron chi connectivity index (χ3n) is 3.20. The number of carbonyl (C=O) groups excluding carboxylic acids is 2. The Morgan fingerprint density at radius 2 is 2.05 bits per heavy atom. The number of carbonyl (C=O) groups is 2. The Hall–Kier alpha value is -1.49. The van der Waals surface area contributed by atoms with Gasteiger partial charge in [-0.1, -0.05) is 0 Å². The maximum absolute atomic E-state index is 11.9. The standard InChI is InChI=1S/C13H17ClN2O3/c14-12-10(5-9-19-12)13(18)15-6-4-11(17)16-7-2-1-3-8-16/h5,9H,1-4,6-8H2,(H,15,18). The van der Waals surface area contributed by atoms with E-state index in [4.69, 9.17) is 16.0 Å². The maximum Gasteiger partial charge on any atom is 0.256 e. The predicted molar refractivity (Wildman–Crippen MR) is 71.1 cm³/mol. The van der Waals surface area contributed by atoms with Crippen LogP contribution in [0.4, 0.5) is 0 Å². The molecule has 1 aromatic rings. The smallest absolute Gasteiger partial charge is 0.256 e. The molecule has 0 bridgehead atoms. The Kier molecular flexibility index (Phi) is 4.85. The summed E-state index contributed by atoms with van der Waals surface area (Å²) in [5.74, 6) is -0.219. The van der Waals surface area contributed by atoms with Gasteiger partial charge in [-0.15, -0.1) is 0 Å². The van der Waals surface area contributed by atoms with Crippen molar-refractivity contribution in [3.63, 3.8) is 0 Å². The summed E-state index contributed by atoms with van der Waals surface area (Å²) in [6, 6.07) is 1.50. The van der Waals surface area contributed by atoms with Gasteiger partial charge in [0, 0.05) is 26.1 Å². The number of likely N-dealkylation sites (tertiary alicyclic amines) is 1. The fourth-order valence-electron chi connectivity index (χ4n) is 2.14. The zero-order chi connectivity index (χ0) is 13.7. The molecule has 0 spiro atoms. The normalized spacial score (nSPS) is 15.3. The van der Waals surface area contributed by atoms with Crippen LogP contribution in [0.3, 0.4) is 0 Å². The Morgan fingerprint density at radius 1 is 1.32 bits per heavy atom. The van der Waals surface area contributed by atoms with Gasteiger partial charge in [0.2, 0.25) is 11.1 Å². The van der Waals surface area contributed by atoms with Crippen molar-refractivity contribution in [3.8, 4) is 0 Å². The summed E-state index contributed by atoms with van der Waals surface area (Å²) < 4.78 is 4.84. The van der Waals surface area contributed by atoms with Gasteiger partial charge in [0.1, 0.15) is 0 Å². The minimum atomic E-state index is -0.315. The maximum atomic E-state index is 11.9. The Morgan fingerprint density at radius 3 is 2.68 bits per heavy atom. The van der Waals surface area contributed by atoms with E-state index < -0.39 is 0 Å². The van der Waals surface area contributed by atoms with E-state index in [1.165, 1.54) is 18.8 Å². The summed E-state index contributed by atoms with van der Waals surface area (Å²) in [6.45, 7) is 1.98. The average molecular weight is 285 g/mol. The first-order valence-corrected chi connectivity index (χ1v) is 6.85. The lowest BCUT2D eigenvalue weighted by atomic mass is 10.1. The number of hydrogen-bond acceptors (Lipinski definition) is 3. The second-order valence-corrected chi connectivity index (χ2v) is 4.90. The van der Waals surface area contributed by atoms with Crippen molar-refractivity contribution in [1.29, 1.82) is 0 Å². The minimum Gasteiger partial charge on any atom is -0.452 e. The highest BCUT2D eigenvalue weighted by Crippen LogP contribution is 2.16. The van der Waals surface area contributed by atoms with Crippen molar-refractivity contribution < 1.29 is 14.0 Å². The first-order valence-electron chi connectivity index (χ1n) is 6.47. The number of rotatable bonds is 4. The van der Waals surface area contributed by atoms with Crippen molar-refractivity contribution in [2.24, 2.45) is 0 Å². The van der Waals surface area contributed by atoms with Crippen LogP contribution in [0.5, 0.6) is 0 Å². The Bertz CT molecular complexity index is 452. The van der Waals surface area contributed by atoms with Crippen LogP contribution in [-0.2, 0) is 4.79 Å². The van der Waals surface area contributed by atoms with Crippen LogP contribution in [0, 0.1) is 0 Å². The molecular weight excluding hydrogens is 268 g/mol. The second-order valence-electron chi connectivity index (χ2n) is 4.56. The molecule has 0 radical (unpaired) electrons. The lowest BCUT2D eigenvalue weighted by Crippen LogP contribution is -2.37. The predicted octanol–water partition coefficient (Wildman–Crippen LogP) is 2.07. The molecule has 5 nitrogen and oxygen atoms in total. The molecule has 0 saturated carbocycles. The van der Waals surface area contributed by atoms with E-state index in [0.717, 1.165) is 25.9 Å². The van der Waals surface area contributed by atoms with Gasteiger partial charge in [-0.25, -0.2) is 0 Å². The van der Waals surface area contributed by atoms with Gasteiger partial charge in [-0.3, -0.25) is 9.59 Å². The molecule has 0 aromatic carbocycles. The third kappa shape index (κ3) is 3.73. The highest BCUT2D eigenvalue weighted by atomic mass is 35.5. The Labute approximate surface area is 116 Å². The van der Waals surface area contributed by atoms with Crippen molar-refractivity contribution in [3.05, 3.63) is 23.1 Å². The molecule has 1 fully saturated rings. The summed E-state index contributed by atoms with van der Waals surface area (Å²) in [5, 5.41) is 2.73. The fraction of sp³-hybridized carbons (Fsp3) is 0.538. The first kappa shape index (κ1) is 13.9. The van der Waals surface area contributed by atoms with E-state index >= 15 is 0 Å². The van der Waals surface area contributed by atoms with Crippen LogP contribution < -0.4 is 5.32 Å². The highest BCUT2D eigenvalue weighted by Gasteiger charge is 2.17. The van der Waals surface area contributed by atoms with Crippen LogP contribution >= 0.6 is 11.6 Å². The molecule has 1 aromatic heterocycles. The lowest BCUT2D eigenvalue weighted by Gasteiger charge is -2.26. The SMILES string of the molecule is O=C(NCCC(=O)N1CCCCC1)c1ccoc1Cl. The zero-order valence-corrected chi connectivity index (χ0v) is 11.4. The quantitative estimate of drug-likeness (QED) is 0.920. The van der Waals surface area contributed by atoms with Crippen molar-refractivity contribution >= 4 is 23.4 Å². The van der Waals surface area contributed by atoms with Crippen molar-refractivity contribution in [2.75, 3.05) is 19.6 Å². The number of piperidine rings is 1. The summed E-state index contributed by atoms with van der Waals surface area (Å²) in [7, 11) is 0. The number of halogens is 1. The number of hydrogen-bond donors (Lipinski definition) is 1. The number of furan rings is 1. The summed E-state index contributed by atoms with van der Waals surface area (Å²) in [4.78, 5) is 25.4. The Balaban J connectivity index is 1.73. The number of nitrogens with one attached hydrogen (secondary N) is 1. The lowest BCUT2D eigenvalue weighted by molar-refractivity contribution is -0.131. The van der Waals surface area contributed by atoms with Gasteiger partial charge >= 0.3 is 0 Å². The van der Waals surface area contributed by atoms with E-state index in [9.17, 15) is 9.59 Å². The van der Waals surface area contributed by atoms with Crippen LogP contribution in [0.25, 0.3) is 0 Å². The van der Waals surface area contributed by atoms with Gasteiger partial charge in [0.25, 0.3) is 5.91 Å². The van der Waals surface area contributed by atoms with Gasteiger partial charge in [0.05, 0.1) is 11.8 Å². The molecule has 6 heteroatoms. The molecule has 0 aliphatic carbocycles. The van der Waals surface area contributed by atoms with Crippen LogP contribution in [0.2, 0.25) is 5.22 Å². The molecule has 2 amide bonds. The summed E-state index contributed by atoms with van der Waals surface area (Å²) in [6.07, 6.45) is 5.02. The third-order valence-corrected chi connectivity index (χ3v) is 3.49. The molecule has 2 rings (SSSR count). The van der Waals surface area contributed by atoms with Gasteiger partial charge in [0.15, 0.2) is 0 Å². The summed E-state index contributed by atoms with van der Waals surface area (Å²) in [5.41, 5.74) is 0.298. The first-order chi connectivity index (χ1) is 9.18. The minimum absolute atomic E-state index is 0.0693. The molecule has 1 N–H and O–H groups in total. The topological polar surface area (TPSA) is 62.6 Å². The fourth-order valence-corrected chi connectivity index (χ4v) is 2.34. The molecule has 1 aliphatic heterocycles. The van der Waals surface area contributed by atoms with E-state index in [1.54, 1.807) is 0 Å². The molecule has 2 heterocycles. The molecule has 1 saturated heterocycles. The second kappa shape index (κ2) is 6.61. The molecule has 104 valence electrons. The molecular formula is C13H17ClN2O3. The average Bonchev–Trinajstić information content (AvgIpc) is 2.86. The monoisotopic (exact) mass is 284 g/mol. The zero-order valence-electron chi connectivity index (χ0n) is 10.7. The van der Waals surface area contributed by atoms with Gasteiger partial charge in [-0.05, 0) is 36.9 Å². The van der Waals surface area contributed by atoms with Gasteiger partial charge < -0.3 is 14.6 Å². The van der Waals surface area contributed by atoms with Crippen LogP contribution in [0.1, 0.15) is 36.0 Å². The van der Waals surface area contributed by atoms with Crippen molar-refractivity contribution in [1.82, 2.24) is 10.2 Å². The number of amides is 2. The van der Waals surface area contributed by atoms with Crippen LogP contribution in [0.15, 0.2) is 16.7 Å². The molecule has 19 heavy (non-hydrogen) atoms. The van der Waals surface area contributed by atoms with E-state index in [-0.39, 0.29) is 17.0 Å². The highest BCUT2D eigenvalue weighted by molar-refractivity contribution is 6.32. The largest absolute Gasteiger partial charge is 0.452 e. The molecule has 0 unspecified atom stereocenters. The molecule has 0 atom stereocenters. The molecule has 1 aliphatic rings. The summed E-state index contributed by atoms with van der Waals surface area (Å²) >= 11 is 5.70. The number of nitrogens with zero attached hydrogens (tertiary/aromatic N) is 1. The van der Waals surface area contributed by atoms with Crippen molar-refractivity contribution in [2.45, 2.75) is 25.7 Å².